The van der Waals surface area contributed by atoms with E-state index in [0.717, 1.165) is 11.1 Å². The standard InChI is InChI=1S/C11H9FN2OS/c1-6-14-5-10(16-6)11(15)7-2-3-9(13)8(12)4-7/h2-5H,13H2,1H3. The van der Waals surface area contributed by atoms with Gasteiger partial charge in [-0.25, -0.2) is 9.37 Å². The van der Waals surface area contributed by atoms with Crippen LogP contribution in [0.15, 0.2) is 24.4 Å². The highest BCUT2D eigenvalue weighted by Gasteiger charge is 2.13. The number of nitrogens with two attached hydrogens (primary N) is 1. The summed E-state index contributed by atoms with van der Waals surface area (Å²) >= 11 is 1.29. The van der Waals surface area contributed by atoms with Crippen LogP contribution in [0.3, 0.4) is 0 Å². The van der Waals surface area contributed by atoms with Crippen molar-refractivity contribution in [1.29, 1.82) is 0 Å². The molecule has 0 unspecified atom stereocenters. The SMILES string of the molecule is Cc1ncc(C(=O)c2ccc(N)c(F)c2)s1. The van der Waals surface area contributed by atoms with E-state index in [4.69, 9.17) is 5.73 Å². The van der Waals surface area contributed by atoms with Crippen LogP contribution in [-0.4, -0.2) is 10.8 Å². The lowest BCUT2D eigenvalue weighted by molar-refractivity contribution is 0.104. The first-order valence-corrected chi connectivity index (χ1v) is 5.42. The van der Waals surface area contributed by atoms with E-state index in [1.807, 2.05) is 6.92 Å². The maximum atomic E-state index is 13.2. The molecule has 0 bridgehead atoms. The number of rotatable bonds is 2. The first-order valence-electron chi connectivity index (χ1n) is 4.60. The number of anilines is 1. The fraction of sp³-hybridized carbons (Fsp3) is 0.0909. The average molecular weight is 236 g/mol. The van der Waals surface area contributed by atoms with Crippen LogP contribution < -0.4 is 5.73 Å². The first kappa shape index (κ1) is 10.8. The summed E-state index contributed by atoms with van der Waals surface area (Å²) in [5.74, 6) is -0.809. The van der Waals surface area contributed by atoms with Crippen molar-refractivity contribution >= 4 is 22.8 Å². The number of ketones is 1. The molecule has 2 N–H and O–H groups in total. The second kappa shape index (κ2) is 4.02. The van der Waals surface area contributed by atoms with Crippen LogP contribution in [0.4, 0.5) is 10.1 Å². The molecule has 0 aliphatic heterocycles. The van der Waals surface area contributed by atoms with Gasteiger partial charge < -0.3 is 5.73 Å². The summed E-state index contributed by atoms with van der Waals surface area (Å²) in [6.07, 6.45) is 1.50. The second-order valence-corrected chi connectivity index (χ2v) is 4.54. The Labute approximate surface area is 95.7 Å². The number of aryl methyl sites for hydroxylation is 1. The number of nitrogens with zero attached hydrogens (tertiary/aromatic N) is 1. The highest BCUT2D eigenvalue weighted by atomic mass is 32.1. The van der Waals surface area contributed by atoms with Gasteiger partial charge in [-0.05, 0) is 25.1 Å². The van der Waals surface area contributed by atoms with Crippen LogP contribution in [0.1, 0.15) is 20.2 Å². The van der Waals surface area contributed by atoms with E-state index < -0.39 is 5.82 Å². The Morgan fingerprint density at radius 3 is 2.81 bits per heavy atom. The number of nitrogen functional groups attached to an aromatic ring is 1. The third-order valence-electron chi connectivity index (χ3n) is 2.11. The highest BCUT2D eigenvalue weighted by molar-refractivity contribution is 7.13. The van der Waals surface area contributed by atoms with Gasteiger partial charge in [0, 0.05) is 11.8 Å². The van der Waals surface area contributed by atoms with Gasteiger partial charge in [0.15, 0.2) is 0 Å². The molecule has 1 heterocycles. The van der Waals surface area contributed by atoms with Crippen molar-refractivity contribution < 1.29 is 9.18 Å². The minimum absolute atomic E-state index is 0.0389. The van der Waals surface area contributed by atoms with Crippen LogP contribution in [0.2, 0.25) is 0 Å². The first-order chi connectivity index (χ1) is 7.58. The molecular formula is C11H9FN2OS. The number of benzene rings is 1. The maximum absolute atomic E-state index is 13.2. The molecule has 1 aromatic carbocycles. The number of carbonyl (C=O) groups is 1. The molecule has 1 aromatic heterocycles. The molecular weight excluding hydrogens is 227 g/mol. The molecule has 82 valence electrons. The van der Waals surface area contributed by atoms with Crippen molar-refractivity contribution in [2.75, 3.05) is 5.73 Å². The average Bonchev–Trinajstić information content (AvgIpc) is 2.68. The van der Waals surface area contributed by atoms with Crippen LogP contribution in [0.25, 0.3) is 0 Å². The molecule has 3 nitrogen and oxygen atoms in total. The smallest absolute Gasteiger partial charge is 0.204 e. The number of hydrogen-bond donors (Lipinski definition) is 1. The summed E-state index contributed by atoms with van der Waals surface area (Å²) in [6.45, 7) is 1.81. The van der Waals surface area contributed by atoms with Gasteiger partial charge in [-0.1, -0.05) is 0 Å². The Morgan fingerprint density at radius 2 is 2.25 bits per heavy atom. The van der Waals surface area contributed by atoms with Gasteiger partial charge in [0.05, 0.1) is 15.6 Å². The van der Waals surface area contributed by atoms with Crippen molar-refractivity contribution in [2.24, 2.45) is 0 Å². The molecule has 0 spiro atoms. The van der Waals surface area contributed by atoms with E-state index in [9.17, 15) is 9.18 Å². The molecule has 2 aromatic rings. The molecule has 2 rings (SSSR count). The zero-order valence-corrected chi connectivity index (χ0v) is 9.34. The third-order valence-corrected chi connectivity index (χ3v) is 3.02. The van der Waals surface area contributed by atoms with Gasteiger partial charge in [0.25, 0.3) is 0 Å². The molecule has 0 saturated carbocycles. The summed E-state index contributed by atoms with van der Waals surface area (Å²) in [5, 5.41) is 0.805. The Hall–Kier alpha value is -1.75. The zero-order chi connectivity index (χ0) is 11.7. The molecule has 5 heteroatoms. The molecule has 0 fully saturated rings. The molecule has 0 saturated heterocycles. The van der Waals surface area contributed by atoms with Gasteiger partial charge in [0.1, 0.15) is 5.82 Å². The maximum Gasteiger partial charge on any atom is 0.204 e. The highest BCUT2D eigenvalue weighted by Crippen LogP contribution is 2.19. The quantitative estimate of drug-likeness (QED) is 0.643. The number of carbonyl (C=O) groups excluding carboxylic acids is 1. The third kappa shape index (κ3) is 1.94. The van der Waals surface area contributed by atoms with E-state index in [2.05, 4.69) is 4.98 Å². The topological polar surface area (TPSA) is 56.0 Å². The number of halogens is 1. The summed E-state index contributed by atoms with van der Waals surface area (Å²) in [5.41, 5.74) is 5.66. The minimum atomic E-state index is -0.577. The van der Waals surface area contributed by atoms with Gasteiger partial charge in [0.2, 0.25) is 5.78 Å². The molecule has 16 heavy (non-hydrogen) atoms. The summed E-state index contributed by atoms with van der Waals surface area (Å²) in [4.78, 5) is 16.4. The molecule has 0 amide bonds. The normalized spacial score (nSPS) is 10.4. The summed E-state index contributed by atoms with van der Waals surface area (Å²) in [6, 6.07) is 4.04. The van der Waals surface area contributed by atoms with E-state index in [1.165, 1.54) is 29.7 Å². The van der Waals surface area contributed by atoms with E-state index in [1.54, 1.807) is 0 Å². The van der Waals surface area contributed by atoms with Crippen LogP contribution in [0.5, 0.6) is 0 Å². The van der Waals surface area contributed by atoms with Crippen molar-refractivity contribution in [3.8, 4) is 0 Å². The monoisotopic (exact) mass is 236 g/mol. The number of hydrogen-bond acceptors (Lipinski definition) is 4. The Balaban J connectivity index is 2.38. The van der Waals surface area contributed by atoms with E-state index in [0.29, 0.717) is 4.88 Å². The van der Waals surface area contributed by atoms with Gasteiger partial charge >= 0.3 is 0 Å². The van der Waals surface area contributed by atoms with E-state index in [-0.39, 0.29) is 17.0 Å². The van der Waals surface area contributed by atoms with E-state index >= 15 is 0 Å². The van der Waals surface area contributed by atoms with Gasteiger partial charge in [-0.3, -0.25) is 4.79 Å². The van der Waals surface area contributed by atoms with Crippen molar-refractivity contribution in [1.82, 2.24) is 4.98 Å². The Kier molecular flexibility index (Phi) is 2.70. The van der Waals surface area contributed by atoms with Crippen molar-refractivity contribution in [3.63, 3.8) is 0 Å². The van der Waals surface area contributed by atoms with Crippen LogP contribution in [0, 0.1) is 12.7 Å². The largest absolute Gasteiger partial charge is 0.396 e. The Morgan fingerprint density at radius 1 is 1.50 bits per heavy atom. The second-order valence-electron chi connectivity index (χ2n) is 3.31. The van der Waals surface area contributed by atoms with Gasteiger partial charge in [-0.15, -0.1) is 11.3 Å². The van der Waals surface area contributed by atoms with Crippen molar-refractivity contribution in [2.45, 2.75) is 6.92 Å². The number of thiazole rings is 1. The summed E-state index contributed by atoms with van der Waals surface area (Å²) < 4.78 is 13.2. The van der Waals surface area contributed by atoms with Crippen LogP contribution >= 0.6 is 11.3 Å². The lowest BCUT2D eigenvalue weighted by Crippen LogP contribution is -2.00. The molecule has 0 radical (unpaired) electrons. The zero-order valence-electron chi connectivity index (χ0n) is 8.53. The molecule has 0 aliphatic rings. The van der Waals surface area contributed by atoms with Crippen molar-refractivity contribution in [3.05, 3.63) is 45.7 Å². The number of aromatic nitrogens is 1. The van der Waals surface area contributed by atoms with Gasteiger partial charge in [-0.2, -0.15) is 0 Å². The fourth-order valence-electron chi connectivity index (χ4n) is 1.28. The predicted octanol–water partition coefficient (Wildman–Crippen LogP) is 2.40. The lowest BCUT2D eigenvalue weighted by Gasteiger charge is -2.00. The Bertz CT molecular complexity index is 551. The summed E-state index contributed by atoms with van der Waals surface area (Å²) in [7, 11) is 0. The predicted molar refractivity (Wildman–Crippen MR) is 61.1 cm³/mol. The molecule has 0 atom stereocenters. The molecule has 0 aliphatic carbocycles. The fourth-order valence-corrected chi connectivity index (χ4v) is 2.02. The lowest BCUT2D eigenvalue weighted by atomic mass is 10.1. The minimum Gasteiger partial charge on any atom is -0.396 e. The van der Waals surface area contributed by atoms with Crippen LogP contribution in [-0.2, 0) is 0 Å².